The van der Waals surface area contributed by atoms with Crippen molar-refractivity contribution < 1.29 is 0 Å². The lowest BCUT2D eigenvalue weighted by Crippen LogP contribution is -1.92. The van der Waals surface area contributed by atoms with Gasteiger partial charge in [-0.25, -0.2) is 0 Å². The van der Waals surface area contributed by atoms with Crippen LogP contribution in [0.15, 0.2) is 41.2 Å². The number of allylic oxidation sites excluding steroid dienone is 3. The van der Waals surface area contributed by atoms with Crippen LogP contribution >= 0.6 is 0 Å². The van der Waals surface area contributed by atoms with E-state index < -0.39 is 0 Å². The number of rotatable bonds is 1. The predicted octanol–water partition coefficient (Wildman–Crippen LogP) is 2.40. The molecule has 0 amide bonds. The quantitative estimate of drug-likeness (QED) is 0.619. The standard InChI is InChI=1S/C11H12N2/c1-9(10-5-3-7-12-10)11-6-4-8-13(11)2/h3-8H,1-2H3. The fourth-order valence-corrected chi connectivity index (χ4v) is 1.50. The molecule has 1 aromatic heterocycles. The Morgan fingerprint density at radius 2 is 2.31 bits per heavy atom. The highest BCUT2D eigenvalue weighted by Crippen LogP contribution is 2.21. The molecule has 0 bridgehead atoms. The number of hydrogen-bond acceptors (Lipinski definition) is 1. The zero-order valence-electron chi connectivity index (χ0n) is 7.86. The molecule has 0 fully saturated rings. The van der Waals surface area contributed by atoms with Gasteiger partial charge in [0.05, 0.1) is 5.70 Å². The molecular weight excluding hydrogens is 160 g/mol. The number of nitrogens with zero attached hydrogens (tertiary/aromatic N) is 2. The molecule has 2 heterocycles. The first-order valence-electron chi connectivity index (χ1n) is 4.32. The van der Waals surface area contributed by atoms with Crippen LogP contribution in [0.5, 0.6) is 0 Å². The van der Waals surface area contributed by atoms with Crippen molar-refractivity contribution in [3.63, 3.8) is 0 Å². The van der Waals surface area contributed by atoms with Crippen molar-refractivity contribution in [1.82, 2.24) is 4.57 Å². The van der Waals surface area contributed by atoms with Crippen LogP contribution in [-0.2, 0) is 7.05 Å². The van der Waals surface area contributed by atoms with Crippen LogP contribution in [0.1, 0.15) is 12.6 Å². The van der Waals surface area contributed by atoms with Crippen molar-refractivity contribution in [3.05, 3.63) is 41.9 Å². The van der Waals surface area contributed by atoms with Gasteiger partial charge in [-0.1, -0.05) is 0 Å². The lowest BCUT2D eigenvalue weighted by Gasteiger charge is -2.04. The molecule has 0 unspecified atom stereocenters. The Balaban J connectivity index is 2.48. The zero-order valence-corrected chi connectivity index (χ0v) is 7.86. The van der Waals surface area contributed by atoms with Gasteiger partial charge in [-0.2, -0.15) is 0 Å². The van der Waals surface area contributed by atoms with E-state index in [4.69, 9.17) is 0 Å². The first kappa shape index (κ1) is 8.05. The number of aliphatic imine (C=N–C) groups is 1. The first-order chi connectivity index (χ1) is 6.29. The summed E-state index contributed by atoms with van der Waals surface area (Å²) < 4.78 is 2.10. The Morgan fingerprint density at radius 3 is 2.85 bits per heavy atom. The third-order valence-corrected chi connectivity index (χ3v) is 2.27. The first-order valence-corrected chi connectivity index (χ1v) is 4.32. The van der Waals surface area contributed by atoms with E-state index in [1.54, 1.807) is 0 Å². The second-order valence-corrected chi connectivity index (χ2v) is 3.15. The molecule has 13 heavy (non-hydrogen) atoms. The average molecular weight is 172 g/mol. The molecule has 2 rings (SSSR count). The normalized spacial score (nSPS) is 18.3. The predicted molar refractivity (Wildman–Crippen MR) is 55.6 cm³/mol. The van der Waals surface area contributed by atoms with E-state index in [-0.39, 0.29) is 0 Å². The van der Waals surface area contributed by atoms with Gasteiger partial charge in [0.15, 0.2) is 0 Å². The van der Waals surface area contributed by atoms with Gasteiger partial charge in [0.1, 0.15) is 0 Å². The number of aromatic nitrogens is 1. The maximum absolute atomic E-state index is 4.26. The minimum atomic E-state index is 1.06. The summed E-state index contributed by atoms with van der Waals surface area (Å²) in [4.78, 5) is 4.26. The molecule has 1 aliphatic rings. The summed E-state index contributed by atoms with van der Waals surface area (Å²) in [5, 5.41) is 0. The van der Waals surface area contributed by atoms with E-state index in [2.05, 4.69) is 22.5 Å². The fourth-order valence-electron chi connectivity index (χ4n) is 1.50. The topological polar surface area (TPSA) is 17.3 Å². The molecule has 0 N–H and O–H groups in total. The van der Waals surface area contributed by atoms with Crippen LogP contribution in [0, 0.1) is 0 Å². The van der Waals surface area contributed by atoms with Gasteiger partial charge in [-0.05, 0) is 36.8 Å². The molecule has 2 nitrogen and oxygen atoms in total. The van der Waals surface area contributed by atoms with Gasteiger partial charge in [-0.15, -0.1) is 0 Å². The smallest absolute Gasteiger partial charge is 0.0680 e. The molecule has 0 spiro atoms. The Labute approximate surface area is 77.9 Å². The van der Waals surface area contributed by atoms with E-state index >= 15 is 0 Å². The van der Waals surface area contributed by atoms with Gasteiger partial charge in [-0.3, -0.25) is 4.99 Å². The van der Waals surface area contributed by atoms with Gasteiger partial charge < -0.3 is 4.57 Å². The third-order valence-electron chi connectivity index (χ3n) is 2.27. The van der Waals surface area contributed by atoms with E-state index in [9.17, 15) is 0 Å². The summed E-state index contributed by atoms with van der Waals surface area (Å²) in [7, 11) is 2.04. The molecule has 0 saturated carbocycles. The molecule has 1 aromatic rings. The van der Waals surface area contributed by atoms with Gasteiger partial charge in [0, 0.05) is 25.2 Å². The van der Waals surface area contributed by atoms with Crippen molar-refractivity contribution in [1.29, 1.82) is 0 Å². The molecule has 0 aliphatic carbocycles. The zero-order chi connectivity index (χ0) is 9.26. The summed E-state index contributed by atoms with van der Waals surface area (Å²) in [6.07, 6.45) is 7.85. The summed E-state index contributed by atoms with van der Waals surface area (Å²) in [5.74, 6) is 0. The third kappa shape index (κ3) is 1.35. The molecule has 66 valence electrons. The maximum atomic E-state index is 4.26. The highest BCUT2D eigenvalue weighted by molar-refractivity contribution is 5.82. The van der Waals surface area contributed by atoms with Crippen molar-refractivity contribution in [2.45, 2.75) is 6.92 Å². The summed E-state index contributed by atoms with van der Waals surface area (Å²) in [6, 6.07) is 4.14. The van der Waals surface area contributed by atoms with E-state index in [0.717, 1.165) is 5.70 Å². The van der Waals surface area contributed by atoms with Crippen LogP contribution in [0.2, 0.25) is 0 Å². The molecule has 0 saturated heterocycles. The second kappa shape index (κ2) is 3.05. The molecule has 2 heteroatoms. The van der Waals surface area contributed by atoms with E-state index in [1.807, 2.05) is 37.7 Å². The van der Waals surface area contributed by atoms with Gasteiger partial charge >= 0.3 is 0 Å². The summed E-state index contributed by atoms with van der Waals surface area (Å²) >= 11 is 0. The van der Waals surface area contributed by atoms with Crippen molar-refractivity contribution in [2.75, 3.05) is 0 Å². The van der Waals surface area contributed by atoms with Gasteiger partial charge in [0.2, 0.25) is 0 Å². The Hall–Kier alpha value is -1.57. The Kier molecular flexibility index (Phi) is 1.89. The molecule has 0 radical (unpaired) electrons. The fraction of sp³-hybridized carbons (Fsp3) is 0.182. The van der Waals surface area contributed by atoms with E-state index in [1.165, 1.54) is 11.3 Å². The number of hydrogen-bond donors (Lipinski definition) is 0. The lowest BCUT2D eigenvalue weighted by atomic mass is 10.1. The van der Waals surface area contributed by atoms with Gasteiger partial charge in [0.25, 0.3) is 0 Å². The van der Waals surface area contributed by atoms with Crippen LogP contribution in [-0.4, -0.2) is 10.8 Å². The minimum absolute atomic E-state index is 1.06. The molecule has 0 aromatic carbocycles. The maximum Gasteiger partial charge on any atom is 0.0680 e. The van der Waals surface area contributed by atoms with Crippen molar-refractivity contribution in [2.24, 2.45) is 12.0 Å². The van der Waals surface area contributed by atoms with Crippen LogP contribution in [0.3, 0.4) is 0 Å². The molecular formula is C11H12N2. The van der Waals surface area contributed by atoms with Crippen LogP contribution in [0.25, 0.3) is 5.57 Å². The SMILES string of the molecule is CC(=C1C=CC=N1)c1cccn1C. The van der Waals surface area contributed by atoms with E-state index in [0.29, 0.717) is 0 Å². The average Bonchev–Trinajstić information content (AvgIpc) is 2.72. The highest BCUT2D eigenvalue weighted by atomic mass is 14.9. The number of aryl methyl sites for hydroxylation is 1. The van der Waals surface area contributed by atoms with Crippen LogP contribution in [0.4, 0.5) is 0 Å². The van der Waals surface area contributed by atoms with Crippen LogP contribution < -0.4 is 0 Å². The second-order valence-electron chi connectivity index (χ2n) is 3.15. The lowest BCUT2D eigenvalue weighted by molar-refractivity contribution is 0.906. The highest BCUT2D eigenvalue weighted by Gasteiger charge is 2.05. The Bertz CT molecular complexity index is 391. The molecule has 1 aliphatic heterocycles. The minimum Gasteiger partial charge on any atom is -0.351 e. The molecule has 0 atom stereocenters. The van der Waals surface area contributed by atoms with Crippen molar-refractivity contribution in [3.8, 4) is 0 Å². The Morgan fingerprint density at radius 1 is 1.46 bits per heavy atom. The summed E-state index contributed by atoms with van der Waals surface area (Å²) in [5.41, 5.74) is 3.50. The van der Waals surface area contributed by atoms with Crippen molar-refractivity contribution >= 4 is 11.8 Å². The monoisotopic (exact) mass is 172 g/mol. The largest absolute Gasteiger partial charge is 0.351 e. The summed E-state index contributed by atoms with van der Waals surface area (Å²) in [6.45, 7) is 2.09.